The van der Waals surface area contributed by atoms with E-state index in [9.17, 15) is 24.3 Å². The number of carbonyl (C=O) groups excluding carboxylic acids is 3. The summed E-state index contributed by atoms with van der Waals surface area (Å²) >= 11 is 1.53. The molecule has 0 bridgehead atoms. The van der Waals surface area contributed by atoms with Gasteiger partial charge in [-0.15, -0.1) is 0 Å². The summed E-state index contributed by atoms with van der Waals surface area (Å²) in [4.78, 5) is 57.0. The van der Waals surface area contributed by atoms with Gasteiger partial charge < -0.3 is 30.1 Å². The maximum absolute atomic E-state index is 14.4. The van der Waals surface area contributed by atoms with Crippen LogP contribution in [0.5, 0.6) is 5.75 Å². The van der Waals surface area contributed by atoms with E-state index in [1.165, 1.54) is 16.2 Å². The molecule has 50 heavy (non-hydrogen) atoms. The van der Waals surface area contributed by atoms with E-state index >= 15 is 0 Å². The molecule has 2 fully saturated rings. The van der Waals surface area contributed by atoms with Gasteiger partial charge in [-0.25, -0.2) is 9.59 Å². The highest BCUT2D eigenvalue weighted by atomic mass is 32.1. The molecule has 4 heterocycles. The van der Waals surface area contributed by atoms with E-state index in [1.54, 1.807) is 32.7 Å². The van der Waals surface area contributed by atoms with Gasteiger partial charge in [0.25, 0.3) is 0 Å². The molecule has 13 nitrogen and oxygen atoms in total. The average Bonchev–Trinajstić information content (AvgIpc) is 3.52. The van der Waals surface area contributed by atoms with Crippen LogP contribution in [0.3, 0.4) is 0 Å². The quantitative estimate of drug-likeness (QED) is 0.293. The average molecular weight is 705 g/mol. The zero-order valence-electron chi connectivity index (χ0n) is 28.8. The minimum Gasteiger partial charge on any atom is -0.497 e. The molecular weight excluding hydrogens is 660 g/mol. The first-order valence-electron chi connectivity index (χ1n) is 17.0. The van der Waals surface area contributed by atoms with Crippen molar-refractivity contribution in [1.82, 2.24) is 30.5 Å². The summed E-state index contributed by atoms with van der Waals surface area (Å²) in [6.07, 6.45) is 6.94. The highest BCUT2D eigenvalue weighted by molar-refractivity contribution is 7.08. The van der Waals surface area contributed by atoms with Crippen LogP contribution < -0.4 is 15.4 Å². The van der Waals surface area contributed by atoms with Crippen molar-refractivity contribution in [2.45, 2.75) is 95.0 Å². The Hall–Kier alpha value is -4.72. The van der Waals surface area contributed by atoms with E-state index in [-0.39, 0.29) is 25.3 Å². The molecule has 1 saturated carbocycles. The first-order valence-corrected chi connectivity index (χ1v) is 18.0. The number of methoxy groups -OCH3 is 1. The Morgan fingerprint density at radius 2 is 1.80 bits per heavy atom. The number of aromatic nitrogens is 3. The molecule has 2 aromatic heterocycles. The van der Waals surface area contributed by atoms with Crippen molar-refractivity contribution in [3.8, 4) is 28.3 Å². The number of rotatable bonds is 6. The van der Waals surface area contributed by atoms with Crippen molar-refractivity contribution in [3.63, 3.8) is 0 Å². The number of benzene rings is 1. The Balaban J connectivity index is 1.35. The normalized spacial score (nSPS) is 25.8. The lowest BCUT2D eigenvalue weighted by Crippen LogP contribution is -2.56. The summed E-state index contributed by atoms with van der Waals surface area (Å²) in [5.41, 5.74) is 0.766. The van der Waals surface area contributed by atoms with Gasteiger partial charge in [-0.1, -0.05) is 25.0 Å². The van der Waals surface area contributed by atoms with Gasteiger partial charge >= 0.3 is 12.1 Å². The van der Waals surface area contributed by atoms with E-state index in [4.69, 9.17) is 19.7 Å². The third-order valence-corrected chi connectivity index (χ3v) is 10.1. The first kappa shape index (κ1) is 35.1. The SMILES string of the molecule is COc1ccc(-c2nn([C@H]3C[C@H]4C(=O)N[C@@]5(C(=O)O)C[C@H]5C=CCCCCC[C@@H](NC(=O)OC(C)(C)C)C(=O)N4C3)nc2-c2ccsc2)cc1. The Labute approximate surface area is 295 Å². The van der Waals surface area contributed by atoms with Gasteiger partial charge in [-0.2, -0.15) is 26.3 Å². The molecule has 6 rings (SSSR count). The number of carbonyl (C=O) groups is 4. The van der Waals surface area contributed by atoms with Crippen molar-refractivity contribution in [2.24, 2.45) is 5.92 Å². The van der Waals surface area contributed by atoms with E-state index in [0.29, 0.717) is 30.0 Å². The summed E-state index contributed by atoms with van der Waals surface area (Å²) in [5, 5.41) is 29.5. The van der Waals surface area contributed by atoms with Crippen LogP contribution >= 0.6 is 11.3 Å². The molecule has 1 aromatic carbocycles. The largest absolute Gasteiger partial charge is 0.497 e. The van der Waals surface area contributed by atoms with Crippen LogP contribution in [0.15, 0.2) is 53.2 Å². The Morgan fingerprint density at radius 1 is 1.06 bits per heavy atom. The number of carboxylic acid groups (broad SMARTS) is 1. The maximum atomic E-state index is 14.4. The van der Waals surface area contributed by atoms with Crippen LogP contribution in [-0.2, 0) is 19.1 Å². The van der Waals surface area contributed by atoms with Crippen molar-refractivity contribution in [2.75, 3.05) is 13.7 Å². The van der Waals surface area contributed by atoms with Gasteiger partial charge in [0, 0.05) is 35.4 Å². The predicted molar refractivity (Wildman–Crippen MR) is 186 cm³/mol. The molecule has 266 valence electrons. The minimum absolute atomic E-state index is 0.0760. The number of carboxylic acids is 1. The third kappa shape index (κ3) is 7.54. The smallest absolute Gasteiger partial charge is 0.408 e. The number of nitrogens with one attached hydrogen (secondary N) is 2. The topological polar surface area (TPSA) is 165 Å². The standard InChI is InChI=1S/C36H44N6O7S/c1-35(2,3)49-34(47)37-27-11-9-7-5-6-8-10-24-19-36(24,33(45)46)38-31(43)28-18-25(20-41(28)32(27)44)42-39-29(22-12-14-26(48-4)15-13-22)30(40-42)23-16-17-50-21-23/h8,10,12-17,21,24-25,27-28H,5-7,9,11,18-20H2,1-4H3,(H,37,47)(H,38,43)(H,45,46)/t24-,25+,27-,28+,36+/m1/s1. The summed E-state index contributed by atoms with van der Waals surface area (Å²) in [6.45, 7) is 5.31. The summed E-state index contributed by atoms with van der Waals surface area (Å²) in [6, 6.07) is 6.95. The molecule has 3 N–H and O–H groups in total. The first-order chi connectivity index (χ1) is 23.9. The Morgan fingerprint density at radius 3 is 2.46 bits per heavy atom. The van der Waals surface area contributed by atoms with Crippen LogP contribution in [0.4, 0.5) is 4.79 Å². The van der Waals surface area contributed by atoms with Gasteiger partial charge in [0.15, 0.2) is 0 Å². The Bertz CT molecular complexity index is 1750. The number of hydrogen-bond donors (Lipinski definition) is 3. The number of amides is 3. The molecule has 3 aromatic rings. The lowest BCUT2D eigenvalue weighted by Gasteiger charge is -2.30. The van der Waals surface area contributed by atoms with Gasteiger partial charge in [-0.05, 0) is 82.2 Å². The summed E-state index contributed by atoms with van der Waals surface area (Å²) in [7, 11) is 1.60. The number of ether oxygens (including phenoxy) is 2. The number of nitrogens with zero attached hydrogens (tertiary/aromatic N) is 4. The van der Waals surface area contributed by atoms with E-state index in [1.807, 2.05) is 53.2 Å². The number of aliphatic carboxylic acids is 1. The molecule has 0 unspecified atom stereocenters. The highest BCUT2D eigenvalue weighted by Gasteiger charge is 2.61. The Kier molecular flexibility index (Phi) is 10.0. The molecule has 1 saturated heterocycles. The monoisotopic (exact) mass is 704 g/mol. The van der Waals surface area contributed by atoms with Gasteiger partial charge in [0.1, 0.15) is 40.4 Å². The maximum Gasteiger partial charge on any atom is 0.408 e. The predicted octanol–water partition coefficient (Wildman–Crippen LogP) is 5.20. The summed E-state index contributed by atoms with van der Waals surface area (Å²) < 4.78 is 10.8. The lowest BCUT2D eigenvalue weighted by atomic mass is 10.0. The zero-order valence-corrected chi connectivity index (χ0v) is 29.6. The van der Waals surface area contributed by atoms with Crippen LogP contribution in [0.25, 0.3) is 22.5 Å². The van der Waals surface area contributed by atoms with E-state index < -0.39 is 53.1 Å². The van der Waals surface area contributed by atoms with Crippen LogP contribution in [0.2, 0.25) is 0 Å². The van der Waals surface area contributed by atoms with Gasteiger partial charge in [-0.3, -0.25) is 9.59 Å². The lowest BCUT2D eigenvalue weighted by molar-refractivity contribution is -0.145. The number of fused-ring (bicyclic) bond motifs is 2. The molecule has 0 radical (unpaired) electrons. The molecule has 0 spiro atoms. The molecule has 1 aliphatic carbocycles. The fourth-order valence-electron chi connectivity index (χ4n) is 6.72. The van der Waals surface area contributed by atoms with Crippen molar-refractivity contribution in [1.29, 1.82) is 0 Å². The molecule has 2 aliphatic heterocycles. The van der Waals surface area contributed by atoms with E-state index in [2.05, 4.69) is 10.6 Å². The fraction of sp³-hybridized carbons (Fsp3) is 0.500. The second-order valence-corrected chi connectivity index (χ2v) is 15.0. The van der Waals surface area contributed by atoms with Crippen LogP contribution in [0, 0.1) is 5.92 Å². The van der Waals surface area contributed by atoms with Crippen molar-refractivity contribution >= 4 is 35.2 Å². The van der Waals surface area contributed by atoms with Crippen molar-refractivity contribution in [3.05, 3.63) is 53.2 Å². The fourth-order valence-corrected chi connectivity index (χ4v) is 7.36. The van der Waals surface area contributed by atoms with Crippen molar-refractivity contribution < 1.29 is 33.8 Å². The van der Waals surface area contributed by atoms with Gasteiger partial charge in [0.2, 0.25) is 11.8 Å². The minimum atomic E-state index is -1.44. The molecule has 3 aliphatic rings. The second kappa shape index (κ2) is 14.3. The number of allylic oxidation sites excluding steroid dienone is 1. The number of thiophene rings is 1. The molecule has 3 amide bonds. The highest BCUT2D eigenvalue weighted by Crippen LogP contribution is 2.46. The second-order valence-electron chi connectivity index (χ2n) is 14.2. The zero-order chi connectivity index (χ0) is 35.6. The van der Waals surface area contributed by atoms with E-state index in [0.717, 1.165) is 30.4 Å². The van der Waals surface area contributed by atoms with Crippen LogP contribution in [0.1, 0.15) is 71.8 Å². The van der Waals surface area contributed by atoms with Crippen LogP contribution in [-0.4, -0.2) is 85.8 Å². The number of hydrogen-bond acceptors (Lipinski definition) is 9. The molecular formula is C36H44N6O7S. The molecule has 5 atom stereocenters. The summed E-state index contributed by atoms with van der Waals surface area (Å²) in [5.74, 6) is -1.76. The van der Waals surface area contributed by atoms with Gasteiger partial charge in [0.05, 0.1) is 13.2 Å². The third-order valence-electron chi connectivity index (χ3n) is 9.44. The molecule has 14 heteroatoms. The number of alkyl carbamates (subject to hydrolysis) is 1.